The fraction of sp³-hybridized carbons (Fsp3) is 0.367. The van der Waals surface area contributed by atoms with Crippen LogP contribution in [0.4, 0.5) is 11.4 Å². The maximum Gasteiger partial charge on any atom is 0.248 e. The summed E-state index contributed by atoms with van der Waals surface area (Å²) in [7, 11) is 1.44. The van der Waals surface area contributed by atoms with E-state index in [1.165, 1.54) is 19.2 Å². The highest BCUT2D eigenvalue weighted by Gasteiger charge is 2.67. The lowest BCUT2D eigenvalue weighted by Gasteiger charge is -2.39. The molecule has 1 aliphatic carbocycles. The minimum atomic E-state index is -1.11. The van der Waals surface area contributed by atoms with Crippen LogP contribution in [0.2, 0.25) is 5.02 Å². The van der Waals surface area contributed by atoms with E-state index in [1.54, 1.807) is 24.3 Å². The van der Waals surface area contributed by atoms with E-state index < -0.39 is 29.3 Å². The zero-order chi connectivity index (χ0) is 29.0. The molecule has 5 N–H and O–H groups in total. The molecule has 5 rings (SSSR count). The monoisotopic (exact) mass is 582 g/mol. The van der Waals surface area contributed by atoms with Crippen molar-refractivity contribution in [3.63, 3.8) is 0 Å². The van der Waals surface area contributed by atoms with Gasteiger partial charge in [-0.1, -0.05) is 62.2 Å². The summed E-state index contributed by atoms with van der Waals surface area (Å²) in [5.41, 5.74) is 6.19. The predicted octanol–water partition coefficient (Wildman–Crippen LogP) is 4.98. The van der Waals surface area contributed by atoms with Crippen molar-refractivity contribution in [2.24, 2.45) is 23.0 Å². The van der Waals surface area contributed by atoms with Gasteiger partial charge in [-0.25, -0.2) is 0 Å². The van der Waals surface area contributed by atoms with Crippen molar-refractivity contribution in [3.8, 4) is 5.75 Å². The highest BCUT2D eigenvalue weighted by atomic mass is 35.5. The Morgan fingerprint density at radius 3 is 2.52 bits per heavy atom. The molecule has 210 valence electrons. The molecule has 0 aromatic heterocycles. The maximum absolute atomic E-state index is 14.2. The Bertz CT molecular complexity index is 1460. The number of fused-ring (bicyclic) bond motifs is 2. The van der Waals surface area contributed by atoms with Crippen LogP contribution in [0.15, 0.2) is 59.7 Å². The fourth-order valence-corrected chi connectivity index (χ4v) is 6.89. The average Bonchev–Trinajstić information content (AvgIpc) is 3.52. The van der Waals surface area contributed by atoms with Gasteiger partial charge in [0, 0.05) is 39.2 Å². The molecule has 1 saturated heterocycles. The predicted molar refractivity (Wildman–Crippen MR) is 157 cm³/mol. The van der Waals surface area contributed by atoms with Gasteiger partial charge in [0.1, 0.15) is 5.75 Å². The number of rotatable bonds is 6. The molecule has 2 aromatic rings. The standard InChI is InChI=1S/C30H32Cl2N4O4/c1-29(2,3)14-23-30(18-10-9-16(31)13-21(18)35-28(30)39)24(17-6-5-7-19(17)32)25(36-23)27(38)34-20-11-8-15(26(33)37)12-22(20)40-4/h5-13,17,23-25,36H,14H2,1-4H3,(H2,33,37)(H,34,38)(H,35,39)/t17?,23-,24?,25+,30+/m0/s1. The number of benzene rings is 2. The average molecular weight is 584 g/mol. The number of allylic oxidation sites excluding steroid dienone is 4. The second-order valence-corrected chi connectivity index (χ2v) is 12.6. The Hall–Kier alpha value is -3.33. The number of amides is 3. The number of halogens is 2. The van der Waals surface area contributed by atoms with E-state index in [2.05, 4.69) is 36.7 Å². The summed E-state index contributed by atoms with van der Waals surface area (Å²) in [6.45, 7) is 6.32. The molecule has 1 fully saturated rings. The lowest BCUT2D eigenvalue weighted by atomic mass is 9.61. The summed E-state index contributed by atoms with van der Waals surface area (Å²) in [5.74, 6) is -1.83. The van der Waals surface area contributed by atoms with Crippen molar-refractivity contribution in [1.82, 2.24) is 5.32 Å². The van der Waals surface area contributed by atoms with E-state index in [9.17, 15) is 14.4 Å². The first-order valence-corrected chi connectivity index (χ1v) is 13.8. The van der Waals surface area contributed by atoms with E-state index >= 15 is 0 Å². The Labute approximate surface area is 243 Å². The van der Waals surface area contributed by atoms with Crippen LogP contribution in [-0.2, 0) is 15.0 Å². The largest absolute Gasteiger partial charge is 0.495 e. The summed E-state index contributed by atoms with van der Waals surface area (Å²) >= 11 is 13.1. The van der Waals surface area contributed by atoms with Crippen molar-refractivity contribution in [2.75, 3.05) is 17.7 Å². The van der Waals surface area contributed by atoms with Crippen LogP contribution >= 0.6 is 23.2 Å². The molecule has 2 unspecified atom stereocenters. The zero-order valence-electron chi connectivity index (χ0n) is 22.7. The van der Waals surface area contributed by atoms with Crippen LogP contribution < -0.4 is 26.4 Å². The third-order valence-corrected chi connectivity index (χ3v) is 8.60. The van der Waals surface area contributed by atoms with Gasteiger partial charge in [0.2, 0.25) is 17.7 Å². The zero-order valence-corrected chi connectivity index (χ0v) is 24.2. The van der Waals surface area contributed by atoms with E-state index in [0.717, 1.165) is 5.56 Å². The minimum absolute atomic E-state index is 0.172. The Kier molecular flexibility index (Phi) is 7.23. The molecule has 2 aliphatic heterocycles. The number of hydrogen-bond donors (Lipinski definition) is 4. The van der Waals surface area contributed by atoms with Crippen molar-refractivity contribution in [1.29, 1.82) is 0 Å². The SMILES string of the molecule is COc1cc(C(N)=O)ccc1NC(=O)[C@@H]1N[C@@H](CC(C)(C)C)[C@@]2(C(=O)Nc3cc(Cl)ccc32)C1C1C=CC=C1Cl. The first-order valence-electron chi connectivity index (χ1n) is 13.1. The quantitative estimate of drug-likeness (QED) is 0.382. The number of nitrogens with one attached hydrogen (secondary N) is 3. The lowest BCUT2D eigenvalue weighted by Crippen LogP contribution is -2.52. The third kappa shape index (κ3) is 4.68. The number of carbonyl (C=O) groups is 3. The number of carbonyl (C=O) groups excluding carboxylic acids is 3. The third-order valence-electron chi connectivity index (χ3n) is 7.99. The van der Waals surface area contributed by atoms with Crippen LogP contribution in [0, 0.1) is 17.3 Å². The van der Waals surface area contributed by atoms with Crippen molar-refractivity contribution in [3.05, 3.63) is 75.8 Å². The molecule has 40 heavy (non-hydrogen) atoms. The van der Waals surface area contributed by atoms with Crippen LogP contribution in [0.1, 0.15) is 43.1 Å². The minimum Gasteiger partial charge on any atom is -0.495 e. The smallest absolute Gasteiger partial charge is 0.248 e. The second kappa shape index (κ2) is 10.3. The second-order valence-electron chi connectivity index (χ2n) is 11.7. The van der Waals surface area contributed by atoms with Crippen molar-refractivity contribution in [2.45, 2.75) is 44.7 Å². The summed E-state index contributed by atoms with van der Waals surface area (Å²) in [5, 5.41) is 10.6. The van der Waals surface area contributed by atoms with Gasteiger partial charge in [-0.3, -0.25) is 14.4 Å². The van der Waals surface area contributed by atoms with Crippen molar-refractivity contribution >= 4 is 52.3 Å². The normalized spacial score (nSPS) is 26.9. The Morgan fingerprint density at radius 1 is 1.15 bits per heavy atom. The Morgan fingerprint density at radius 2 is 1.90 bits per heavy atom. The molecule has 3 aliphatic rings. The molecule has 3 amide bonds. The lowest BCUT2D eigenvalue weighted by molar-refractivity contribution is -0.124. The summed E-state index contributed by atoms with van der Waals surface area (Å²) in [4.78, 5) is 40.0. The van der Waals surface area contributed by atoms with Crippen LogP contribution in [0.5, 0.6) is 5.75 Å². The summed E-state index contributed by atoms with van der Waals surface area (Å²) < 4.78 is 5.44. The number of hydrogen-bond acceptors (Lipinski definition) is 5. The van der Waals surface area contributed by atoms with Gasteiger partial charge in [-0.15, -0.1) is 0 Å². The molecule has 0 saturated carbocycles. The number of anilines is 2. The van der Waals surface area contributed by atoms with Crippen molar-refractivity contribution < 1.29 is 19.1 Å². The first kappa shape index (κ1) is 28.2. The van der Waals surface area contributed by atoms with Gasteiger partial charge < -0.3 is 26.4 Å². The van der Waals surface area contributed by atoms with Gasteiger partial charge in [0.25, 0.3) is 0 Å². The number of primary amides is 1. The molecular weight excluding hydrogens is 551 g/mol. The number of methoxy groups -OCH3 is 1. The maximum atomic E-state index is 14.2. The van der Waals surface area contributed by atoms with E-state index in [-0.39, 0.29) is 34.5 Å². The van der Waals surface area contributed by atoms with Gasteiger partial charge >= 0.3 is 0 Å². The number of nitrogens with two attached hydrogens (primary N) is 1. The molecule has 2 aromatic carbocycles. The first-order chi connectivity index (χ1) is 18.9. The fourth-order valence-electron chi connectivity index (χ4n) is 6.43. The van der Waals surface area contributed by atoms with E-state index in [4.69, 9.17) is 33.7 Å². The van der Waals surface area contributed by atoms with Gasteiger partial charge in [-0.05, 0) is 53.8 Å². The highest BCUT2D eigenvalue weighted by molar-refractivity contribution is 6.31. The van der Waals surface area contributed by atoms with Crippen LogP contribution in [0.25, 0.3) is 0 Å². The molecule has 8 nitrogen and oxygen atoms in total. The highest BCUT2D eigenvalue weighted by Crippen LogP contribution is 2.57. The number of ether oxygens (including phenoxy) is 1. The summed E-state index contributed by atoms with van der Waals surface area (Å²) in [6.07, 6.45) is 6.21. The van der Waals surface area contributed by atoms with Crippen LogP contribution in [-0.4, -0.2) is 36.9 Å². The van der Waals surface area contributed by atoms with E-state index in [0.29, 0.717) is 27.9 Å². The molecule has 5 atom stereocenters. The Balaban J connectivity index is 1.64. The molecule has 0 bridgehead atoms. The topological polar surface area (TPSA) is 123 Å². The molecule has 1 spiro atoms. The van der Waals surface area contributed by atoms with Gasteiger partial charge in [0.15, 0.2) is 0 Å². The summed E-state index contributed by atoms with van der Waals surface area (Å²) in [6, 6.07) is 8.76. The molecular formula is C30H32Cl2N4O4. The van der Waals surface area contributed by atoms with Gasteiger partial charge in [0.05, 0.1) is 24.3 Å². The molecule has 2 heterocycles. The van der Waals surface area contributed by atoms with Crippen LogP contribution in [0.3, 0.4) is 0 Å². The van der Waals surface area contributed by atoms with E-state index in [1.807, 2.05) is 18.2 Å². The van der Waals surface area contributed by atoms with Gasteiger partial charge in [-0.2, -0.15) is 0 Å². The molecule has 0 radical (unpaired) electrons. The molecule has 10 heteroatoms.